The maximum Gasteiger partial charge on any atom is 3.00 e. The molecule has 1 aromatic heterocycles. The molecule has 0 atom stereocenters. The van der Waals surface area contributed by atoms with E-state index in [4.69, 9.17) is 4.42 Å². The summed E-state index contributed by atoms with van der Waals surface area (Å²) in [7, 11) is 0. The fraction of sp³-hybridized carbons (Fsp3) is 0. The van der Waals surface area contributed by atoms with Gasteiger partial charge in [-0.2, -0.15) is 0 Å². The molecule has 0 N–H and O–H groups in total. The Balaban J connectivity index is 0.000000963. The van der Waals surface area contributed by atoms with Crippen molar-refractivity contribution in [2.75, 3.05) is 0 Å². The maximum absolute atomic E-state index is 5.61. The predicted molar refractivity (Wildman–Crippen MR) is 71.1 cm³/mol. The molecule has 0 radical (unpaired) electrons. The first-order chi connectivity index (χ1) is 7.43. The molecule has 2 nitrogen and oxygen atoms in total. The molecule has 0 unspecified atom stereocenters. The maximum atomic E-state index is 5.61. The molecular formula is C15H14IrNO. The molecule has 0 amide bonds. The summed E-state index contributed by atoms with van der Waals surface area (Å²) in [6.07, 6.45) is 0. The number of benzene rings is 2. The van der Waals surface area contributed by atoms with Crippen LogP contribution in [-0.2, 0) is 20.1 Å². The normalized spacial score (nSPS) is 8.89. The van der Waals surface area contributed by atoms with Crippen LogP contribution in [0.15, 0.2) is 52.9 Å². The fourth-order valence-corrected chi connectivity index (χ4v) is 1.51. The van der Waals surface area contributed by atoms with Crippen LogP contribution in [0.5, 0.6) is 0 Å². The second-order valence-corrected chi connectivity index (χ2v) is 3.26. The molecule has 1 heterocycles. The van der Waals surface area contributed by atoms with Gasteiger partial charge >= 0.3 is 20.1 Å². The Morgan fingerprint density at radius 3 is 2.33 bits per heavy atom. The number of oxazole rings is 1. The van der Waals surface area contributed by atoms with E-state index < -0.39 is 0 Å². The van der Waals surface area contributed by atoms with Gasteiger partial charge in [-0.05, 0) is 12.1 Å². The van der Waals surface area contributed by atoms with Gasteiger partial charge in [-0.1, -0.05) is 17.7 Å². The Labute approximate surface area is 121 Å². The molecule has 3 heteroatoms. The summed E-state index contributed by atoms with van der Waals surface area (Å²) in [4.78, 5) is 4.39. The average molecular weight is 417 g/mol. The first-order valence-corrected chi connectivity index (χ1v) is 4.76. The summed E-state index contributed by atoms with van der Waals surface area (Å²) < 4.78 is 5.61. The largest absolute Gasteiger partial charge is 3.00 e. The van der Waals surface area contributed by atoms with Crippen molar-refractivity contribution >= 4 is 11.1 Å². The summed E-state index contributed by atoms with van der Waals surface area (Å²) in [6, 6.07) is 18.5. The van der Waals surface area contributed by atoms with Crippen LogP contribution in [-0.4, -0.2) is 4.98 Å². The summed E-state index contributed by atoms with van der Waals surface area (Å²) in [5.74, 6) is 0.622. The first-order valence-electron chi connectivity index (χ1n) is 4.76. The molecule has 2 aromatic carbocycles. The van der Waals surface area contributed by atoms with E-state index in [1.54, 1.807) is 0 Å². The molecule has 0 bridgehead atoms. The van der Waals surface area contributed by atoms with Crippen molar-refractivity contribution in [1.29, 1.82) is 0 Å². The van der Waals surface area contributed by atoms with Crippen molar-refractivity contribution in [2.45, 2.75) is 0 Å². The number of para-hydroxylation sites is 2. The average Bonchev–Trinajstić information content (AvgIpc) is 2.74. The minimum Gasteiger partial charge on any atom is -0.481 e. The van der Waals surface area contributed by atoms with Gasteiger partial charge in [0.2, 0.25) is 0 Å². The summed E-state index contributed by atoms with van der Waals surface area (Å²) in [5.41, 5.74) is 2.57. The third-order valence-corrected chi connectivity index (χ3v) is 2.23. The van der Waals surface area contributed by atoms with Crippen LogP contribution in [0.1, 0.15) is 0 Å². The van der Waals surface area contributed by atoms with Gasteiger partial charge in [-0.25, -0.2) is 0 Å². The number of hydrogen-bond donors (Lipinski definition) is 0. The van der Waals surface area contributed by atoms with Crippen molar-refractivity contribution in [3.8, 4) is 11.5 Å². The summed E-state index contributed by atoms with van der Waals surface area (Å²) >= 11 is 0. The smallest absolute Gasteiger partial charge is 0.481 e. The van der Waals surface area contributed by atoms with Gasteiger partial charge in [-0.3, -0.25) is 4.98 Å². The topological polar surface area (TPSA) is 26.0 Å². The second-order valence-electron chi connectivity index (χ2n) is 3.26. The molecule has 3 rings (SSSR count). The van der Waals surface area contributed by atoms with Gasteiger partial charge in [0.25, 0.3) is 0 Å². The van der Waals surface area contributed by atoms with Crippen LogP contribution in [0.2, 0.25) is 0 Å². The zero-order chi connectivity index (χ0) is 10.1. The van der Waals surface area contributed by atoms with Crippen molar-refractivity contribution in [1.82, 2.24) is 4.98 Å². The fourth-order valence-electron chi connectivity index (χ4n) is 1.51. The molecule has 0 aliphatic rings. The van der Waals surface area contributed by atoms with E-state index in [1.807, 2.05) is 48.5 Å². The Hall–Kier alpha value is -1.44. The number of nitrogens with zero attached hydrogens (tertiary/aromatic N) is 1. The van der Waals surface area contributed by atoms with Gasteiger partial charge in [0.15, 0.2) is 0 Å². The minimum atomic E-state index is 0. The van der Waals surface area contributed by atoms with Crippen LogP contribution in [0, 0.1) is 20.9 Å². The van der Waals surface area contributed by atoms with E-state index in [9.17, 15) is 0 Å². The quantitative estimate of drug-likeness (QED) is 0.556. The SMILES string of the molecule is [CH3-].[CH3-].[Ir+3].[c-]1ccccc1-c1nc2ccccc2o1. The molecule has 94 valence electrons. The number of hydrogen-bond acceptors (Lipinski definition) is 2. The number of rotatable bonds is 1. The van der Waals surface area contributed by atoms with E-state index >= 15 is 0 Å². The molecule has 0 aliphatic heterocycles. The van der Waals surface area contributed by atoms with E-state index in [2.05, 4.69) is 11.1 Å². The summed E-state index contributed by atoms with van der Waals surface area (Å²) in [6.45, 7) is 0. The van der Waals surface area contributed by atoms with Gasteiger partial charge in [0.1, 0.15) is 11.5 Å². The van der Waals surface area contributed by atoms with Crippen molar-refractivity contribution in [3.05, 3.63) is 69.5 Å². The molecular weight excluding hydrogens is 402 g/mol. The van der Waals surface area contributed by atoms with Gasteiger partial charge in [0.05, 0.1) is 5.52 Å². The molecule has 0 saturated heterocycles. The van der Waals surface area contributed by atoms with Crippen LogP contribution >= 0.6 is 0 Å². The van der Waals surface area contributed by atoms with Crippen LogP contribution < -0.4 is 0 Å². The summed E-state index contributed by atoms with van der Waals surface area (Å²) in [5, 5.41) is 0. The minimum absolute atomic E-state index is 0. The molecule has 3 aromatic rings. The molecule has 18 heavy (non-hydrogen) atoms. The number of aromatic nitrogens is 1. The van der Waals surface area contributed by atoms with Gasteiger partial charge < -0.3 is 19.3 Å². The van der Waals surface area contributed by atoms with Crippen LogP contribution in [0.25, 0.3) is 22.6 Å². The van der Waals surface area contributed by atoms with E-state index in [-0.39, 0.29) is 35.0 Å². The number of fused-ring (bicyclic) bond motifs is 1. The second kappa shape index (κ2) is 7.10. The Kier molecular flexibility index (Phi) is 6.53. The third kappa shape index (κ3) is 3.06. The molecule has 0 fully saturated rings. The first kappa shape index (κ1) is 16.6. The zero-order valence-corrected chi connectivity index (χ0v) is 12.7. The van der Waals surface area contributed by atoms with E-state index in [0.717, 1.165) is 16.7 Å². The third-order valence-electron chi connectivity index (χ3n) is 2.23. The molecule has 0 aliphatic carbocycles. The zero-order valence-electron chi connectivity index (χ0n) is 10.3. The van der Waals surface area contributed by atoms with Crippen molar-refractivity contribution in [3.63, 3.8) is 0 Å². The van der Waals surface area contributed by atoms with Gasteiger partial charge in [-0.15, -0.1) is 30.3 Å². The Morgan fingerprint density at radius 1 is 0.944 bits per heavy atom. The molecule has 0 saturated carbocycles. The van der Waals surface area contributed by atoms with Gasteiger partial charge in [0, 0.05) is 0 Å². The molecule has 0 spiro atoms. The van der Waals surface area contributed by atoms with E-state index in [1.165, 1.54) is 0 Å². The van der Waals surface area contributed by atoms with Crippen molar-refractivity contribution in [2.24, 2.45) is 0 Å². The predicted octanol–water partition coefficient (Wildman–Crippen LogP) is 4.19. The monoisotopic (exact) mass is 417 g/mol. The Morgan fingerprint density at radius 2 is 1.67 bits per heavy atom. The van der Waals surface area contributed by atoms with E-state index in [0.29, 0.717) is 5.89 Å². The Bertz CT molecular complexity index is 557. The standard InChI is InChI=1S/C13H8NO.2CH3.Ir/c1-2-6-10(7-3-1)13-14-11-8-4-5-9-12(11)15-13;;;/h1-6,8-9H;2*1H3;/q3*-1;+3. The van der Waals surface area contributed by atoms with Crippen LogP contribution in [0.3, 0.4) is 0 Å². The van der Waals surface area contributed by atoms with Crippen LogP contribution in [0.4, 0.5) is 0 Å². The van der Waals surface area contributed by atoms with Crippen molar-refractivity contribution < 1.29 is 24.5 Å².